The van der Waals surface area contributed by atoms with Crippen molar-refractivity contribution in [1.82, 2.24) is 9.03 Å². The third-order valence-electron chi connectivity index (χ3n) is 6.25. The number of piperidine rings is 1. The number of fused-ring (bicyclic) bond motifs is 1. The minimum Gasteiger partial charge on any atom is -0.321 e. The van der Waals surface area contributed by atoms with E-state index >= 15 is 0 Å². The molecule has 7 nitrogen and oxygen atoms in total. The molecule has 4 rings (SSSR count). The van der Waals surface area contributed by atoms with Crippen molar-refractivity contribution in [2.45, 2.75) is 44.0 Å². The second kappa shape index (κ2) is 11.0. The minimum absolute atomic E-state index is 0.180. The van der Waals surface area contributed by atoms with Crippen LogP contribution < -0.4 is 10.0 Å². The summed E-state index contributed by atoms with van der Waals surface area (Å²) >= 11 is 0. The van der Waals surface area contributed by atoms with E-state index in [1.165, 1.54) is 0 Å². The first-order valence-corrected chi connectivity index (χ1v) is 14.6. The van der Waals surface area contributed by atoms with Gasteiger partial charge in [0.2, 0.25) is 10.0 Å². The lowest BCUT2D eigenvalue weighted by Gasteiger charge is -2.31. The van der Waals surface area contributed by atoms with Gasteiger partial charge >= 0.3 is 0 Å². The van der Waals surface area contributed by atoms with Crippen LogP contribution in [0.2, 0.25) is 0 Å². The summed E-state index contributed by atoms with van der Waals surface area (Å²) in [5.74, 6) is 0.393. The topological polar surface area (TPSA) is 95.6 Å². The zero-order chi connectivity index (χ0) is 25.0. The highest BCUT2D eigenvalue weighted by Crippen LogP contribution is 2.30. The molecule has 0 spiro atoms. The first-order chi connectivity index (χ1) is 16.8. The number of anilines is 1. The van der Waals surface area contributed by atoms with Gasteiger partial charge in [0.05, 0.1) is 15.9 Å². The number of nitrogens with zero attached hydrogens (tertiary/aromatic N) is 1. The largest absolute Gasteiger partial charge is 0.321 e. The summed E-state index contributed by atoms with van der Waals surface area (Å²) in [6, 6.07) is 17.5. The molecular formula is C26H31N3O4S2. The van der Waals surface area contributed by atoms with Crippen LogP contribution in [0.25, 0.3) is 10.8 Å². The summed E-state index contributed by atoms with van der Waals surface area (Å²) in [7, 11) is -4.80. The number of sulfonamides is 1. The fourth-order valence-electron chi connectivity index (χ4n) is 4.40. The Morgan fingerprint density at radius 3 is 2.34 bits per heavy atom. The van der Waals surface area contributed by atoms with Crippen LogP contribution in [0.5, 0.6) is 0 Å². The summed E-state index contributed by atoms with van der Waals surface area (Å²) in [5, 5.41) is 4.14. The maximum absolute atomic E-state index is 13.4. The Bertz CT molecular complexity index is 1350. The van der Waals surface area contributed by atoms with Gasteiger partial charge in [-0.05, 0) is 49.9 Å². The molecule has 1 heterocycles. The van der Waals surface area contributed by atoms with Gasteiger partial charge in [-0.2, -0.15) is 0 Å². The van der Waals surface area contributed by atoms with Gasteiger partial charge in [-0.15, -0.1) is 0 Å². The molecule has 1 aliphatic heterocycles. The van der Waals surface area contributed by atoms with Crippen molar-refractivity contribution in [2.75, 3.05) is 24.2 Å². The maximum atomic E-state index is 13.4. The first kappa shape index (κ1) is 25.5. The molecule has 1 unspecified atom stereocenters. The average Bonchev–Trinajstić information content (AvgIpc) is 2.84. The van der Waals surface area contributed by atoms with E-state index in [1.807, 2.05) is 48.5 Å². The van der Waals surface area contributed by atoms with E-state index in [9.17, 15) is 17.4 Å². The molecule has 1 atom stereocenters. The number of hydrogen-bond donors (Lipinski definition) is 2. The second-order valence-corrected chi connectivity index (χ2v) is 12.0. The van der Waals surface area contributed by atoms with E-state index in [2.05, 4.69) is 10.0 Å². The first-order valence-electron chi connectivity index (χ1n) is 11.8. The highest BCUT2D eigenvalue weighted by atomic mass is 32.2. The van der Waals surface area contributed by atoms with Crippen LogP contribution in [0, 0.1) is 6.92 Å². The van der Waals surface area contributed by atoms with Gasteiger partial charge in [0, 0.05) is 46.9 Å². The van der Waals surface area contributed by atoms with E-state index in [4.69, 9.17) is 0 Å². The molecule has 1 saturated heterocycles. The fourth-order valence-corrected chi connectivity index (χ4v) is 7.14. The molecule has 0 saturated carbocycles. The van der Waals surface area contributed by atoms with Crippen LogP contribution in [0.3, 0.4) is 0 Å². The lowest BCUT2D eigenvalue weighted by atomic mass is 10.1. The Morgan fingerprint density at radius 2 is 1.66 bits per heavy atom. The van der Waals surface area contributed by atoms with Gasteiger partial charge in [-0.1, -0.05) is 49.4 Å². The van der Waals surface area contributed by atoms with Gasteiger partial charge in [-0.3, -0.25) is 4.79 Å². The van der Waals surface area contributed by atoms with Gasteiger partial charge in [0.25, 0.3) is 5.91 Å². The Hall–Kier alpha value is -2.59. The molecule has 1 fully saturated rings. The van der Waals surface area contributed by atoms with Gasteiger partial charge in [0.15, 0.2) is 0 Å². The monoisotopic (exact) mass is 513 g/mol. The van der Waals surface area contributed by atoms with Crippen molar-refractivity contribution in [3.63, 3.8) is 0 Å². The van der Waals surface area contributed by atoms with E-state index in [1.54, 1.807) is 30.3 Å². The van der Waals surface area contributed by atoms with Gasteiger partial charge < -0.3 is 5.32 Å². The predicted octanol–water partition coefficient (Wildman–Crippen LogP) is 4.22. The zero-order valence-corrected chi connectivity index (χ0v) is 21.6. The molecular weight excluding hydrogens is 482 g/mol. The van der Waals surface area contributed by atoms with Crippen LogP contribution >= 0.6 is 0 Å². The lowest BCUT2D eigenvalue weighted by molar-refractivity contribution is 0.102. The van der Waals surface area contributed by atoms with Crippen molar-refractivity contribution in [3.05, 3.63) is 71.8 Å². The zero-order valence-electron chi connectivity index (χ0n) is 20.0. The van der Waals surface area contributed by atoms with Crippen LogP contribution in [0.4, 0.5) is 5.69 Å². The molecule has 0 bridgehead atoms. The summed E-state index contributed by atoms with van der Waals surface area (Å²) in [6.45, 7) is 5.08. The standard InChI is InChI=1S/C26H31N3O4S2/c1-3-18-34(31)29-16-14-20(15-17-29)28-35(32,33)25-13-12-24(22-10-6-7-11-23(22)25)27-26(30)21-9-5-4-8-19(21)2/h4-13,20,28H,3,14-18H2,1-2H3,(H,27,30). The lowest BCUT2D eigenvalue weighted by Crippen LogP contribution is -2.45. The Balaban J connectivity index is 1.55. The van der Waals surface area contributed by atoms with Crippen LogP contribution in [-0.4, -0.2) is 47.7 Å². The molecule has 0 radical (unpaired) electrons. The second-order valence-electron chi connectivity index (χ2n) is 8.78. The van der Waals surface area contributed by atoms with E-state index in [0.717, 1.165) is 12.0 Å². The van der Waals surface area contributed by atoms with Crippen LogP contribution in [-0.2, 0) is 21.0 Å². The third-order valence-corrected chi connectivity index (χ3v) is 9.53. The highest BCUT2D eigenvalue weighted by molar-refractivity contribution is 7.89. The van der Waals surface area contributed by atoms with Gasteiger partial charge in [-0.25, -0.2) is 21.7 Å². The summed E-state index contributed by atoms with van der Waals surface area (Å²) < 4.78 is 43.7. The summed E-state index contributed by atoms with van der Waals surface area (Å²) in [6.07, 6.45) is 2.07. The Labute approximate surface area is 209 Å². The van der Waals surface area contributed by atoms with E-state index < -0.39 is 21.0 Å². The molecule has 0 aliphatic carbocycles. The number of rotatable bonds is 8. The molecule has 3 aromatic rings. The molecule has 186 valence electrons. The van der Waals surface area contributed by atoms with Crippen molar-refractivity contribution in [3.8, 4) is 0 Å². The highest BCUT2D eigenvalue weighted by Gasteiger charge is 2.28. The van der Waals surface area contributed by atoms with E-state index in [0.29, 0.717) is 53.7 Å². The predicted molar refractivity (Wildman–Crippen MR) is 141 cm³/mol. The molecule has 35 heavy (non-hydrogen) atoms. The van der Waals surface area contributed by atoms with E-state index in [-0.39, 0.29) is 16.8 Å². The number of amides is 1. The smallest absolute Gasteiger partial charge is 0.255 e. The number of benzene rings is 3. The number of nitrogens with one attached hydrogen (secondary N) is 2. The number of hydrogen-bond acceptors (Lipinski definition) is 4. The quantitative estimate of drug-likeness (QED) is 0.472. The SMILES string of the molecule is CCCS(=O)N1CCC(NS(=O)(=O)c2ccc(NC(=O)c3ccccc3C)c3ccccc23)CC1. The van der Waals surface area contributed by atoms with Crippen molar-refractivity contribution in [2.24, 2.45) is 0 Å². The number of carbonyl (C=O) groups excluding carboxylic acids is 1. The third kappa shape index (κ3) is 5.81. The molecule has 0 aromatic heterocycles. The molecule has 2 N–H and O–H groups in total. The molecule has 1 aliphatic rings. The number of aryl methyl sites for hydroxylation is 1. The van der Waals surface area contributed by atoms with Crippen LogP contribution in [0.1, 0.15) is 42.1 Å². The molecule has 3 aromatic carbocycles. The summed E-state index contributed by atoms with van der Waals surface area (Å²) in [5.41, 5.74) is 1.99. The summed E-state index contributed by atoms with van der Waals surface area (Å²) in [4.78, 5) is 13.1. The fraction of sp³-hybridized carbons (Fsp3) is 0.346. The van der Waals surface area contributed by atoms with Crippen LogP contribution in [0.15, 0.2) is 65.6 Å². The Kier molecular flexibility index (Phi) is 8.01. The molecule has 1 amide bonds. The van der Waals surface area contributed by atoms with Crippen molar-refractivity contribution in [1.29, 1.82) is 0 Å². The maximum Gasteiger partial charge on any atom is 0.255 e. The minimum atomic E-state index is -3.80. The molecule has 9 heteroatoms. The average molecular weight is 514 g/mol. The van der Waals surface area contributed by atoms with Gasteiger partial charge in [0.1, 0.15) is 0 Å². The van der Waals surface area contributed by atoms with Crippen molar-refractivity contribution < 1.29 is 17.4 Å². The number of carbonyl (C=O) groups is 1. The normalized spacial score (nSPS) is 16.3. The van der Waals surface area contributed by atoms with Crippen molar-refractivity contribution >= 4 is 43.4 Å². The Morgan fingerprint density at radius 1 is 1.00 bits per heavy atom.